The van der Waals surface area contributed by atoms with Crippen LogP contribution in [0.5, 0.6) is 5.75 Å². The Morgan fingerprint density at radius 2 is 1.78 bits per heavy atom. The van der Waals surface area contributed by atoms with Crippen LogP contribution in [0.25, 0.3) is 11.0 Å². The summed E-state index contributed by atoms with van der Waals surface area (Å²) in [4.78, 5) is 24.2. The minimum atomic E-state index is -2.91. The van der Waals surface area contributed by atoms with Gasteiger partial charge in [-0.15, -0.1) is 0 Å². The van der Waals surface area contributed by atoms with Crippen molar-refractivity contribution in [3.05, 3.63) is 65.4 Å². The third kappa shape index (κ3) is 4.41. The number of para-hydroxylation sites is 1. The number of halogens is 2. The Labute approximate surface area is 153 Å². The topological polar surface area (TPSA) is 80.6 Å². The van der Waals surface area contributed by atoms with Crippen LogP contribution in [0.2, 0.25) is 0 Å². The number of hydrogen-bond donors (Lipinski definition) is 2. The summed E-state index contributed by atoms with van der Waals surface area (Å²) in [7, 11) is 0. The highest BCUT2D eigenvalue weighted by molar-refractivity contribution is 5.99. The zero-order valence-corrected chi connectivity index (χ0v) is 14.3. The predicted octanol–water partition coefficient (Wildman–Crippen LogP) is 3.35. The van der Waals surface area contributed by atoms with Crippen LogP contribution in [-0.2, 0) is 11.2 Å². The molecule has 0 fully saturated rings. The predicted molar refractivity (Wildman–Crippen MR) is 93.3 cm³/mol. The summed E-state index contributed by atoms with van der Waals surface area (Å²) in [5, 5.41) is 0.820. The summed E-state index contributed by atoms with van der Waals surface area (Å²) in [6, 6.07) is 12.9. The average Bonchev–Trinajstić information content (AvgIpc) is 2.98. The summed E-state index contributed by atoms with van der Waals surface area (Å²) in [6.45, 7) is -1.15. The van der Waals surface area contributed by atoms with E-state index in [1.165, 1.54) is 24.3 Å². The lowest BCUT2D eigenvalue weighted by Crippen LogP contribution is -2.42. The number of ether oxygens (including phenoxy) is 1. The van der Waals surface area contributed by atoms with Crippen molar-refractivity contribution >= 4 is 22.8 Å². The highest BCUT2D eigenvalue weighted by Crippen LogP contribution is 2.24. The van der Waals surface area contributed by atoms with Gasteiger partial charge in [-0.3, -0.25) is 20.4 Å². The van der Waals surface area contributed by atoms with Crippen molar-refractivity contribution in [3.63, 3.8) is 0 Å². The lowest BCUT2D eigenvalue weighted by Gasteiger charge is -2.08. The van der Waals surface area contributed by atoms with Crippen LogP contribution in [0.4, 0.5) is 8.78 Å². The molecule has 140 valence electrons. The summed E-state index contributed by atoms with van der Waals surface area (Å²) < 4.78 is 34.0. The van der Waals surface area contributed by atoms with E-state index in [0.29, 0.717) is 16.7 Å². The van der Waals surface area contributed by atoms with Crippen molar-refractivity contribution in [2.24, 2.45) is 0 Å². The standard InChI is InChI=1S/C19H16F2N2O4/c1-11-14-4-2-3-5-15(14)27-17(11)18(25)23-22-16(24)10-12-6-8-13(9-7-12)26-19(20)21/h2-9,19H,10H2,1H3,(H,22,24)(H,23,25). The van der Waals surface area contributed by atoms with Crippen LogP contribution in [0.1, 0.15) is 21.7 Å². The Hall–Kier alpha value is -3.42. The third-order valence-corrected chi connectivity index (χ3v) is 3.88. The second-order valence-electron chi connectivity index (χ2n) is 5.75. The highest BCUT2D eigenvalue weighted by atomic mass is 19.3. The van der Waals surface area contributed by atoms with E-state index < -0.39 is 18.4 Å². The maximum atomic E-state index is 12.2. The zero-order chi connectivity index (χ0) is 19.4. The van der Waals surface area contributed by atoms with Gasteiger partial charge in [-0.2, -0.15) is 8.78 Å². The van der Waals surface area contributed by atoms with Crippen molar-refractivity contribution in [3.8, 4) is 5.75 Å². The van der Waals surface area contributed by atoms with Crippen molar-refractivity contribution < 1.29 is 27.5 Å². The minimum Gasteiger partial charge on any atom is -0.451 e. The number of alkyl halides is 2. The smallest absolute Gasteiger partial charge is 0.387 e. The largest absolute Gasteiger partial charge is 0.451 e. The first-order valence-corrected chi connectivity index (χ1v) is 8.05. The summed E-state index contributed by atoms with van der Waals surface area (Å²) in [5.74, 6) is -0.926. The maximum Gasteiger partial charge on any atom is 0.387 e. The second-order valence-corrected chi connectivity index (χ2v) is 5.75. The van der Waals surface area contributed by atoms with Gasteiger partial charge in [0.05, 0.1) is 6.42 Å². The van der Waals surface area contributed by atoms with E-state index in [-0.39, 0.29) is 17.9 Å². The average molecular weight is 374 g/mol. The van der Waals surface area contributed by atoms with E-state index in [9.17, 15) is 18.4 Å². The number of benzene rings is 2. The summed E-state index contributed by atoms with van der Waals surface area (Å²) in [6.07, 6.45) is -0.0473. The number of rotatable bonds is 5. The molecule has 0 aliphatic rings. The first kappa shape index (κ1) is 18.4. The van der Waals surface area contributed by atoms with Crippen LogP contribution >= 0.6 is 0 Å². The zero-order valence-electron chi connectivity index (χ0n) is 14.3. The fourth-order valence-electron chi connectivity index (χ4n) is 2.59. The number of carbonyl (C=O) groups excluding carboxylic acids is 2. The second kappa shape index (κ2) is 7.86. The van der Waals surface area contributed by atoms with Crippen LogP contribution in [-0.4, -0.2) is 18.4 Å². The molecule has 0 unspecified atom stereocenters. The Morgan fingerprint density at radius 3 is 2.44 bits per heavy atom. The van der Waals surface area contributed by atoms with Gasteiger partial charge >= 0.3 is 12.5 Å². The molecule has 0 saturated heterocycles. The summed E-state index contributed by atoms with van der Waals surface area (Å²) in [5.41, 5.74) is 6.43. The van der Waals surface area contributed by atoms with Gasteiger partial charge in [0.2, 0.25) is 5.91 Å². The lowest BCUT2D eigenvalue weighted by atomic mass is 10.1. The number of amides is 2. The fourth-order valence-corrected chi connectivity index (χ4v) is 2.59. The fraction of sp³-hybridized carbons (Fsp3) is 0.158. The Morgan fingerprint density at radius 1 is 1.07 bits per heavy atom. The molecule has 0 aliphatic carbocycles. The van der Waals surface area contributed by atoms with Crippen LogP contribution in [0, 0.1) is 6.92 Å². The summed E-state index contributed by atoms with van der Waals surface area (Å²) >= 11 is 0. The number of fused-ring (bicyclic) bond motifs is 1. The van der Waals surface area contributed by atoms with Gasteiger partial charge in [0, 0.05) is 10.9 Å². The van der Waals surface area contributed by atoms with Crippen molar-refractivity contribution in [2.75, 3.05) is 0 Å². The van der Waals surface area contributed by atoms with Gasteiger partial charge in [0.15, 0.2) is 5.76 Å². The maximum absolute atomic E-state index is 12.2. The van der Waals surface area contributed by atoms with Crippen molar-refractivity contribution in [1.82, 2.24) is 10.9 Å². The van der Waals surface area contributed by atoms with Crippen LogP contribution in [0.3, 0.4) is 0 Å². The number of nitrogens with one attached hydrogen (secondary N) is 2. The van der Waals surface area contributed by atoms with Gasteiger partial charge < -0.3 is 9.15 Å². The Balaban J connectivity index is 1.56. The molecule has 0 radical (unpaired) electrons. The van der Waals surface area contributed by atoms with E-state index in [1.54, 1.807) is 19.1 Å². The molecule has 1 aromatic heterocycles. The van der Waals surface area contributed by atoms with E-state index >= 15 is 0 Å². The SMILES string of the molecule is Cc1c(C(=O)NNC(=O)Cc2ccc(OC(F)F)cc2)oc2ccccc12. The molecule has 27 heavy (non-hydrogen) atoms. The molecule has 0 saturated carbocycles. The molecule has 0 spiro atoms. The molecule has 2 N–H and O–H groups in total. The molecule has 6 nitrogen and oxygen atoms in total. The van der Waals surface area contributed by atoms with Gasteiger partial charge in [0.25, 0.3) is 0 Å². The van der Waals surface area contributed by atoms with Gasteiger partial charge in [-0.25, -0.2) is 0 Å². The minimum absolute atomic E-state index is 0.00261. The van der Waals surface area contributed by atoms with Crippen LogP contribution < -0.4 is 15.6 Å². The number of furan rings is 1. The molecule has 3 aromatic rings. The number of hydrazine groups is 1. The quantitative estimate of drug-likeness (QED) is 0.671. The van der Waals surface area contributed by atoms with Crippen LogP contribution in [0.15, 0.2) is 52.9 Å². The van der Waals surface area contributed by atoms with Gasteiger partial charge in [0.1, 0.15) is 11.3 Å². The van der Waals surface area contributed by atoms with E-state index in [1.807, 2.05) is 12.1 Å². The first-order valence-electron chi connectivity index (χ1n) is 8.05. The molecule has 2 aromatic carbocycles. The molecule has 3 rings (SSSR count). The normalized spacial score (nSPS) is 10.8. The van der Waals surface area contributed by atoms with E-state index in [2.05, 4.69) is 15.6 Å². The van der Waals surface area contributed by atoms with Crippen molar-refractivity contribution in [2.45, 2.75) is 20.0 Å². The molecular weight excluding hydrogens is 358 g/mol. The number of hydrogen-bond acceptors (Lipinski definition) is 4. The third-order valence-electron chi connectivity index (χ3n) is 3.88. The molecule has 0 aliphatic heterocycles. The monoisotopic (exact) mass is 374 g/mol. The molecule has 0 atom stereocenters. The van der Waals surface area contributed by atoms with Crippen molar-refractivity contribution in [1.29, 1.82) is 0 Å². The highest BCUT2D eigenvalue weighted by Gasteiger charge is 2.17. The molecule has 8 heteroatoms. The first-order chi connectivity index (χ1) is 12.9. The van der Waals surface area contributed by atoms with Gasteiger partial charge in [-0.1, -0.05) is 30.3 Å². The molecule has 1 heterocycles. The number of aryl methyl sites for hydroxylation is 1. The molecule has 2 amide bonds. The lowest BCUT2D eigenvalue weighted by molar-refractivity contribution is -0.121. The Bertz CT molecular complexity index is 968. The Kier molecular flexibility index (Phi) is 5.35. The molecular formula is C19H16F2N2O4. The number of carbonyl (C=O) groups is 2. The van der Waals surface area contributed by atoms with E-state index in [4.69, 9.17) is 4.42 Å². The van der Waals surface area contributed by atoms with E-state index in [0.717, 1.165) is 5.39 Å². The van der Waals surface area contributed by atoms with Gasteiger partial charge in [-0.05, 0) is 30.7 Å². The molecule has 0 bridgehead atoms.